The highest BCUT2D eigenvalue weighted by Gasteiger charge is 2.19. The Labute approximate surface area is 123 Å². The van der Waals surface area contributed by atoms with Crippen LogP contribution in [0.4, 0.5) is 0 Å². The summed E-state index contributed by atoms with van der Waals surface area (Å²) in [5.74, 6) is -0.820. The van der Waals surface area contributed by atoms with Crippen molar-refractivity contribution < 1.29 is 14.1 Å². The van der Waals surface area contributed by atoms with Gasteiger partial charge in [-0.3, -0.25) is 9.59 Å². The van der Waals surface area contributed by atoms with Gasteiger partial charge in [0, 0.05) is 12.5 Å². The molecule has 1 aromatic rings. The molecule has 0 saturated carbocycles. The minimum Gasteiger partial charge on any atom is -0.363 e. The van der Waals surface area contributed by atoms with Crippen LogP contribution in [0.2, 0.25) is 0 Å². The molecule has 21 heavy (non-hydrogen) atoms. The summed E-state index contributed by atoms with van der Waals surface area (Å²) >= 11 is 0. The van der Waals surface area contributed by atoms with E-state index in [0.29, 0.717) is 12.5 Å². The van der Waals surface area contributed by atoms with Gasteiger partial charge in [0.05, 0.1) is 6.54 Å². The number of primary amides is 1. The van der Waals surface area contributed by atoms with E-state index < -0.39 is 5.91 Å². The van der Waals surface area contributed by atoms with Gasteiger partial charge in [-0.15, -0.1) is 0 Å². The van der Waals surface area contributed by atoms with Gasteiger partial charge in [0.25, 0.3) is 11.7 Å². The number of carbonyl (C=O) groups is 2. The molecule has 0 aliphatic carbocycles. The molecule has 2 rings (SSSR count). The number of rotatable bonds is 6. The number of nitrogens with one attached hydrogen (secondary N) is 1. The number of nitrogens with two attached hydrogens (primary N) is 1. The average Bonchev–Trinajstić information content (AvgIpc) is 2.93. The predicted molar refractivity (Wildman–Crippen MR) is 74.2 cm³/mol. The van der Waals surface area contributed by atoms with Crippen LogP contribution in [0, 0.1) is 0 Å². The summed E-state index contributed by atoms with van der Waals surface area (Å²) in [6.07, 6.45) is 4.92. The van der Waals surface area contributed by atoms with Crippen molar-refractivity contribution in [1.29, 1.82) is 0 Å². The van der Waals surface area contributed by atoms with E-state index in [1.165, 1.54) is 12.8 Å². The molecule has 1 aliphatic heterocycles. The Morgan fingerprint density at radius 2 is 2.29 bits per heavy atom. The molecule has 0 bridgehead atoms. The lowest BCUT2D eigenvalue weighted by Crippen LogP contribution is -2.37. The highest BCUT2D eigenvalue weighted by atomic mass is 16.5. The van der Waals surface area contributed by atoms with Crippen molar-refractivity contribution in [2.24, 2.45) is 5.73 Å². The number of carbonyl (C=O) groups excluding carboxylic acids is 2. The Morgan fingerprint density at radius 3 is 2.95 bits per heavy atom. The van der Waals surface area contributed by atoms with Crippen LogP contribution in [0.3, 0.4) is 0 Å². The molecular formula is C13H21N5O3. The van der Waals surface area contributed by atoms with Gasteiger partial charge in [-0.2, -0.15) is 4.98 Å². The lowest BCUT2D eigenvalue weighted by Gasteiger charge is -2.32. The fourth-order valence-electron chi connectivity index (χ4n) is 2.50. The van der Waals surface area contributed by atoms with Crippen molar-refractivity contribution in [2.45, 2.75) is 44.7 Å². The number of amides is 2. The predicted octanol–water partition coefficient (Wildman–Crippen LogP) is 0.0492. The Hall–Kier alpha value is -1.96. The van der Waals surface area contributed by atoms with Crippen molar-refractivity contribution in [3.63, 3.8) is 0 Å². The number of hydrogen-bond acceptors (Lipinski definition) is 6. The smallest absolute Gasteiger partial charge is 0.290 e. The minimum atomic E-state index is -0.753. The number of hydrogen-bond donors (Lipinski definition) is 2. The molecule has 8 heteroatoms. The van der Waals surface area contributed by atoms with Gasteiger partial charge in [0.2, 0.25) is 11.8 Å². The van der Waals surface area contributed by atoms with Gasteiger partial charge >= 0.3 is 0 Å². The van der Waals surface area contributed by atoms with Crippen LogP contribution in [-0.4, -0.2) is 46.5 Å². The standard InChI is InChI=1S/C13H21N5O3/c1-18-7-3-2-4-9(18)5-6-10(19)15-8-11-16-13(12(14)20)17-21-11/h9H,2-8H2,1H3,(H2,14,20)(H,15,19). The molecule has 1 saturated heterocycles. The molecule has 3 N–H and O–H groups in total. The number of likely N-dealkylation sites (tertiary alicyclic amines) is 1. The van der Waals surface area contributed by atoms with E-state index in [-0.39, 0.29) is 24.2 Å². The average molecular weight is 295 g/mol. The van der Waals surface area contributed by atoms with Crippen LogP contribution in [0.5, 0.6) is 0 Å². The lowest BCUT2D eigenvalue weighted by atomic mass is 9.98. The summed E-state index contributed by atoms with van der Waals surface area (Å²) < 4.78 is 4.80. The zero-order valence-electron chi connectivity index (χ0n) is 12.2. The molecule has 8 nitrogen and oxygen atoms in total. The fourth-order valence-corrected chi connectivity index (χ4v) is 2.50. The van der Waals surface area contributed by atoms with Crippen LogP contribution in [-0.2, 0) is 11.3 Å². The Kier molecular flexibility index (Phi) is 5.26. The second-order valence-electron chi connectivity index (χ2n) is 5.32. The molecule has 2 heterocycles. The van der Waals surface area contributed by atoms with E-state index in [1.54, 1.807) is 0 Å². The zero-order valence-corrected chi connectivity index (χ0v) is 12.2. The van der Waals surface area contributed by atoms with E-state index in [9.17, 15) is 9.59 Å². The highest BCUT2D eigenvalue weighted by Crippen LogP contribution is 2.18. The first-order valence-corrected chi connectivity index (χ1v) is 7.15. The van der Waals surface area contributed by atoms with Crippen molar-refractivity contribution in [3.8, 4) is 0 Å². The molecule has 1 aliphatic rings. The van der Waals surface area contributed by atoms with Crippen molar-refractivity contribution in [3.05, 3.63) is 11.7 Å². The normalized spacial score (nSPS) is 19.4. The minimum absolute atomic E-state index is 0.0622. The first kappa shape index (κ1) is 15.4. The monoisotopic (exact) mass is 295 g/mol. The molecule has 0 aromatic carbocycles. The summed E-state index contributed by atoms with van der Waals surface area (Å²) in [6.45, 7) is 1.21. The molecule has 1 atom stereocenters. The largest absolute Gasteiger partial charge is 0.363 e. The van der Waals surface area contributed by atoms with E-state index in [1.807, 2.05) is 0 Å². The second kappa shape index (κ2) is 7.16. The SMILES string of the molecule is CN1CCCCC1CCC(=O)NCc1nc(C(N)=O)no1. The third kappa shape index (κ3) is 4.52. The van der Waals surface area contributed by atoms with Crippen LogP contribution in [0.15, 0.2) is 4.52 Å². The zero-order chi connectivity index (χ0) is 15.2. The maximum atomic E-state index is 11.8. The number of piperidine rings is 1. The van der Waals surface area contributed by atoms with Gasteiger partial charge < -0.3 is 20.5 Å². The Bertz CT molecular complexity index is 502. The van der Waals surface area contributed by atoms with E-state index >= 15 is 0 Å². The van der Waals surface area contributed by atoms with Crippen molar-refractivity contribution >= 4 is 11.8 Å². The van der Waals surface area contributed by atoms with Gasteiger partial charge in [0.1, 0.15) is 0 Å². The van der Waals surface area contributed by atoms with Gasteiger partial charge in [0.15, 0.2) is 0 Å². The molecule has 116 valence electrons. The summed E-state index contributed by atoms with van der Waals surface area (Å²) in [6, 6.07) is 0.481. The molecule has 0 radical (unpaired) electrons. The summed E-state index contributed by atoms with van der Waals surface area (Å²) in [5.41, 5.74) is 5.01. The molecule has 0 spiro atoms. The fraction of sp³-hybridized carbons (Fsp3) is 0.692. The van der Waals surface area contributed by atoms with Crippen LogP contribution in [0.25, 0.3) is 0 Å². The quantitative estimate of drug-likeness (QED) is 0.766. The Balaban J connectivity index is 1.70. The van der Waals surface area contributed by atoms with E-state index in [0.717, 1.165) is 19.4 Å². The topological polar surface area (TPSA) is 114 Å². The molecule has 2 amide bonds. The molecule has 1 fully saturated rings. The third-order valence-electron chi connectivity index (χ3n) is 3.75. The van der Waals surface area contributed by atoms with Gasteiger partial charge in [-0.1, -0.05) is 11.6 Å². The first-order valence-electron chi connectivity index (χ1n) is 7.15. The number of nitrogens with zero attached hydrogens (tertiary/aromatic N) is 3. The molecular weight excluding hydrogens is 274 g/mol. The summed E-state index contributed by atoms with van der Waals surface area (Å²) in [5, 5.41) is 6.10. The van der Waals surface area contributed by atoms with Gasteiger partial charge in [-0.05, 0) is 32.9 Å². The van der Waals surface area contributed by atoms with Crippen molar-refractivity contribution in [1.82, 2.24) is 20.4 Å². The van der Waals surface area contributed by atoms with Crippen LogP contribution >= 0.6 is 0 Å². The van der Waals surface area contributed by atoms with Crippen LogP contribution in [0.1, 0.15) is 48.6 Å². The Morgan fingerprint density at radius 1 is 1.48 bits per heavy atom. The van der Waals surface area contributed by atoms with Crippen LogP contribution < -0.4 is 11.1 Å². The summed E-state index contributed by atoms with van der Waals surface area (Å²) in [7, 11) is 2.10. The number of aromatic nitrogens is 2. The highest BCUT2D eigenvalue weighted by molar-refractivity contribution is 5.88. The molecule has 1 aromatic heterocycles. The maximum absolute atomic E-state index is 11.8. The van der Waals surface area contributed by atoms with Crippen molar-refractivity contribution in [2.75, 3.05) is 13.6 Å². The lowest BCUT2D eigenvalue weighted by molar-refractivity contribution is -0.121. The first-order chi connectivity index (χ1) is 10.1. The third-order valence-corrected chi connectivity index (χ3v) is 3.75. The van der Waals surface area contributed by atoms with E-state index in [4.69, 9.17) is 10.3 Å². The summed E-state index contributed by atoms with van der Waals surface area (Å²) in [4.78, 5) is 28.7. The van der Waals surface area contributed by atoms with Gasteiger partial charge in [-0.25, -0.2) is 0 Å². The van der Waals surface area contributed by atoms with E-state index in [2.05, 4.69) is 27.4 Å². The molecule has 1 unspecified atom stereocenters. The maximum Gasteiger partial charge on any atom is 0.290 e. The second-order valence-corrected chi connectivity index (χ2v) is 5.32.